The second-order valence-corrected chi connectivity index (χ2v) is 4.83. The molecule has 0 atom stereocenters. The average molecular weight is 299 g/mol. The van der Waals surface area contributed by atoms with Crippen LogP contribution in [0.15, 0.2) is 24.3 Å². The number of imidazole rings is 1. The number of fused-ring (bicyclic) bond motifs is 1. The molecule has 0 fully saturated rings. The number of carboxylic acids is 1. The van der Waals surface area contributed by atoms with Crippen molar-refractivity contribution >= 4 is 23.0 Å². The number of rotatable bonds is 3. The van der Waals surface area contributed by atoms with Gasteiger partial charge in [0.1, 0.15) is 5.82 Å². The van der Waals surface area contributed by atoms with E-state index in [1.54, 1.807) is 19.1 Å². The Kier molecular flexibility index (Phi) is 3.13. The van der Waals surface area contributed by atoms with Crippen LogP contribution >= 0.6 is 0 Å². The van der Waals surface area contributed by atoms with Gasteiger partial charge in [-0.1, -0.05) is 12.1 Å². The third kappa shape index (κ3) is 2.30. The van der Waals surface area contributed by atoms with Crippen LogP contribution in [0.5, 0.6) is 6.01 Å². The average Bonchev–Trinajstić information content (AvgIpc) is 2.77. The maximum atomic E-state index is 11.0. The maximum Gasteiger partial charge on any atom is 0.335 e. The van der Waals surface area contributed by atoms with Gasteiger partial charge in [0, 0.05) is 0 Å². The zero-order chi connectivity index (χ0) is 15.9. The summed E-state index contributed by atoms with van der Waals surface area (Å²) in [6.45, 7) is 1.91. The van der Waals surface area contributed by atoms with Gasteiger partial charge < -0.3 is 15.9 Å². The summed E-state index contributed by atoms with van der Waals surface area (Å²) >= 11 is 0. The Morgan fingerprint density at radius 2 is 2.09 bits per heavy atom. The van der Waals surface area contributed by atoms with E-state index in [-0.39, 0.29) is 23.9 Å². The third-order valence-corrected chi connectivity index (χ3v) is 3.23. The molecule has 2 heterocycles. The molecule has 0 radical (unpaired) electrons. The van der Waals surface area contributed by atoms with Gasteiger partial charge in [-0.2, -0.15) is 4.98 Å². The minimum absolute atomic E-state index is 0.173. The predicted octanol–water partition coefficient (Wildman–Crippen LogP) is 1.17. The zero-order valence-electron chi connectivity index (χ0n) is 11.7. The van der Waals surface area contributed by atoms with Gasteiger partial charge in [0.15, 0.2) is 17.0 Å². The highest BCUT2D eigenvalue weighted by Crippen LogP contribution is 2.23. The smallest absolute Gasteiger partial charge is 0.335 e. The van der Waals surface area contributed by atoms with E-state index in [0.717, 1.165) is 0 Å². The lowest BCUT2D eigenvalue weighted by Crippen LogP contribution is -2.04. The fraction of sp³-hybridized carbons (Fsp3) is 0.143. The molecule has 0 amide bonds. The first kappa shape index (κ1) is 13.8. The fourth-order valence-corrected chi connectivity index (χ4v) is 2.25. The quantitative estimate of drug-likeness (QED) is 0.662. The van der Waals surface area contributed by atoms with Gasteiger partial charge in [-0.3, -0.25) is 4.57 Å². The van der Waals surface area contributed by atoms with Gasteiger partial charge >= 0.3 is 5.97 Å². The maximum absolute atomic E-state index is 11.0. The second-order valence-electron chi connectivity index (χ2n) is 4.83. The highest BCUT2D eigenvalue weighted by atomic mass is 16.4. The molecule has 0 saturated heterocycles. The van der Waals surface area contributed by atoms with Crippen molar-refractivity contribution < 1.29 is 15.0 Å². The zero-order valence-corrected chi connectivity index (χ0v) is 11.7. The van der Waals surface area contributed by atoms with Crippen molar-refractivity contribution in [1.29, 1.82) is 0 Å². The van der Waals surface area contributed by atoms with Crippen LogP contribution in [-0.4, -0.2) is 35.7 Å². The highest BCUT2D eigenvalue weighted by molar-refractivity contribution is 5.87. The molecule has 8 heteroatoms. The number of hydrogen-bond acceptors (Lipinski definition) is 6. The number of benzene rings is 1. The number of anilines is 1. The van der Waals surface area contributed by atoms with Crippen LogP contribution in [-0.2, 0) is 6.54 Å². The third-order valence-electron chi connectivity index (χ3n) is 3.23. The number of aromatic carboxylic acids is 1. The summed E-state index contributed by atoms with van der Waals surface area (Å²) in [5.41, 5.74) is 7.37. The number of hydrogen-bond donors (Lipinski definition) is 3. The minimum atomic E-state index is -1.01. The van der Waals surface area contributed by atoms with E-state index in [4.69, 9.17) is 10.8 Å². The molecular formula is C14H13N5O3. The number of aromatic hydroxyl groups is 1. The SMILES string of the molecule is Cc1nc(N)c2nc(O)n(Cc3cccc(C(=O)O)c3)c2n1. The second kappa shape index (κ2) is 4.99. The van der Waals surface area contributed by atoms with Crippen LogP contribution in [0, 0.1) is 6.92 Å². The number of carbonyl (C=O) groups is 1. The molecule has 2 aromatic heterocycles. The Morgan fingerprint density at radius 3 is 2.82 bits per heavy atom. The summed E-state index contributed by atoms with van der Waals surface area (Å²) in [7, 11) is 0. The normalized spacial score (nSPS) is 11.0. The summed E-state index contributed by atoms with van der Waals surface area (Å²) in [5.74, 6) is -0.356. The molecule has 112 valence electrons. The van der Waals surface area contributed by atoms with E-state index in [9.17, 15) is 9.90 Å². The van der Waals surface area contributed by atoms with E-state index in [1.807, 2.05) is 0 Å². The summed E-state index contributed by atoms with van der Waals surface area (Å²) < 4.78 is 1.46. The lowest BCUT2D eigenvalue weighted by atomic mass is 10.1. The summed E-state index contributed by atoms with van der Waals surface area (Å²) in [5, 5.41) is 19.0. The van der Waals surface area contributed by atoms with Gasteiger partial charge in [0.05, 0.1) is 12.1 Å². The van der Waals surface area contributed by atoms with Crippen molar-refractivity contribution in [2.24, 2.45) is 0 Å². The van der Waals surface area contributed by atoms with Crippen LogP contribution in [0.2, 0.25) is 0 Å². The predicted molar refractivity (Wildman–Crippen MR) is 78.6 cm³/mol. The molecule has 8 nitrogen and oxygen atoms in total. The van der Waals surface area contributed by atoms with Crippen LogP contribution < -0.4 is 5.73 Å². The molecule has 0 unspecified atom stereocenters. The number of aryl methyl sites for hydroxylation is 1. The van der Waals surface area contributed by atoms with Gasteiger partial charge in [-0.05, 0) is 24.6 Å². The van der Waals surface area contributed by atoms with E-state index < -0.39 is 5.97 Å². The van der Waals surface area contributed by atoms with E-state index in [2.05, 4.69) is 15.0 Å². The van der Waals surface area contributed by atoms with Gasteiger partial charge in [-0.15, -0.1) is 0 Å². The van der Waals surface area contributed by atoms with Crippen molar-refractivity contribution in [3.63, 3.8) is 0 Å². The molecule has 0 saturated carbocycles. The molecule has 22 heavy (non-hydrogen) atoms. The molecule has 4 N–H and O–H groups in total. The van der Waals surface area contributed by atoms with E-state index in [1.165, 1.54) is 16.7 Å². The van der Waals surface area contributed by atoms with Crippen molar-refractivity contribution in [3.8, 4) is 6.01 Å². The van der Waals surface area contributed by atoms with Crippen molar-refractivity contribution in [2.45, 2.75) is 13.5 Å². The Morgan fingerprint density at radius 1 is 1.32 bits per heavy atom. The first-order chi connectivity index (χ1) is 10.5. The van der Waals surface area contributed by atoms with Gasteiger partial charge in [0.25, 0.3) is 6.01 Å². The van der Waals surface area contributed by atoms with Crippen molar-refractivity contribution in [2.75, 3.05) is 5.73 Å². The van der Waals surface area contributed by atoms with Gasteiger partial charge in [-0.25, -0.2) is 14.8 Å². The van der Waals surface area contributed by atoms with Crippen LogP contribution in [0.4, 0.5) is 5.82 Å². The Hall–Kier alpha value is -3.16. The lowest BCUT2D eigenvalue weighted by Gasteiger charge is -2.06. The molecule has 0 aliphatic heterocycles. The highest BCUT2D eigenvalue weighted by Gasteiger charge is 2.15. The van der Waals surface area contributed by atoms with Crippen molar-refractivity contribution in [1.82, 2.24) is 19.5 Å². The first-order valence-electron chi connectivity index (χ1n) is 6.47. The summed E-state index contributed by atoms with van der Waals surface area (Å²) in [6.07, 6.45) is 0. The number of aromatic nitrogens is 4. The number of nitrogen functional groups attached to an aromatic ring is 1. The fourth-order valence-electron chi connectivity index (χ4n) is 2.25. The van der Waals surface area contributed by atoms with E-state index >= 15 is 0 Å². The monoisotopic (exact) mass is 299 g/mol. The molecule has 0 spiro atoms. The molecular weight excluding hydrogens is 286 g/mol. The van der Waals surface area contributed by atoms with Crippen LogP contribution in [0.25, 0.3) is 11.2 Å². The Bertz CT molecular complexity index is 888. The number of nitrogens with zero attached hydrogens (tertiary/aromatic N) is 4. The first-order valence-corrected chi connectivity index (χ1v) is 6.47. The molecule has 0 aliphatic carbocycles. The van der Waals surface area contributed by atoms with Crippen LogP contribution in [0.3, 0.4) is 0 Å². The molecule has 3 aromatic rings. The van der Waals surface area contributed by atoms with Gasteiger partial charge in [0.2, 0.25) is 0 Å². The topological polar surface area (TPSA) is 127 Å². The Balaban J connectivity index is 2.09. The summed E-state index contributed by atoms with van der Waals surface area (Å²) in [6, 6.07) is 6.19. The van der Waals surface area contributed by atoms with E-state index in [0.29, 0.717) is 22.6 Å². The number of nitrogens with two attached hydrogens (primary N) is 1. The minimum Gasteiger partial charge on any atom is -0.480 e. The summed E-state index contributed by atoms with van der Waals surface area (Å²) in [4.78, 5) is 23.2. The molecule has 0 bridgehead atoms. The standard InChI is InChI=1S/C14H13N5O3/c1-7-16-11(15)10-12(17-7)19(14(22)18-10)6-8-3-2-4-9(5-8)13(20)21/h2-5H,6H2,1H3,(H,18,22)(H,20,21)(H2,15,16,17). The van der Waals surface area contributed by atoms with Crippen LogP contribution in [0.1, 0.15) is 21.7 Å². The Labute approximate surface area is 124 Å². The largest absolute Gasteiger partial charge is 0.480 e. The van der Waals surface area contributed by atoms with Crippen molar-refractivity contribution in [3.05, 3.63) is 41.2 Å². The lowest BCUT2D eigenvalue weighted by molar-refractivity contribution is 0.0696. The number of carboxylic acid groups (broad SMARTS) is 1. The molecule has 0 aliphatic rings. The molecule has 1 aromatic carbocycles. The molecule has 3 rings (SSSR count).